The fourth-order valence-corrected chi connectivity index (χ4v) is 9.24. The Morgan fingerprint density at radius 2 is 1.38 bits per heavy atom. The Morgan fingerprint density at radius 1 is 0.762 bits per heavy atom. The van der Waals surface area contributed by atoms with Crippen molar-refractivity contribution in [2.45, 2.75) is 81.9 Å². The first-order valence-corrected chi connectivity index (χ1v) is 22.9. The molecular formula is C52H57N3O7S. The van der Waals surface area contributed by atoms with Crippen molar-refractivity contribution in [3.63, 3.8) is 0 Å². The second-order valence-corrected chi connectivity index (χ2v) is 18.2. The van der Waals surface area contributed by atoms with E-state index in [-0.39, 0.29) is 48.6 Å². The lowest BCUT2D eigenvalue weighted by molar-refractivity contribution is -0.276. The molecule has 0 spiro atoms. The predicted molar refractivity (Wildman–Crippen MR) is 246 cm³/mol. The molecule has 1 aliphatic heterocycles. The van der Waals surface area contributed by atoms with Crippen LogP contribution in [0.15, 0.2) is 163 Å². The second kappa shape index (κ2) is 20.8. The van der Waals surface area contributed by atoms with E-state index < -0.39 is 34.4 Å². The number of nitrogens with zero attached hydrogens (tertiary/aromatic N) is 1. The van der Waals surface area contributed by atoms with E-state index in [1.54, 1.807) is 12.1 Å². The average Bonchev–Trinajstić information content (AvgIpc) is 3.31. The normalized spacial score (nSPS) is 19.3. The first kappa shape index (κ1) is 45.5. The summed E-state index contributed by atoms with van der Waals surface area (Å²) in [6.45, 7) is 6.70. The number of rotatable bonds is 17. The van der Waals surface area contributed by atoms with Crippen LogP contribution in [0.5, 0.6) is 0 Å². The molecule has 1 heterocycles. The Kier molecular flexibility index (Phi) is 15.0. The number of hydrogen-bond donors (Lipinski definition) is 4. The van der Waals surface area contributed by atoms with Gasteiger partial charge in [0.2, 0.25) is 15.9 Å². The van der Waals surface area contributed by atoms with Gasteiger partial charge in [0.15, 0.2) is 6.29 Å². The number of carbonyl (C=O) groups excluding carboxylic acids is 1. The molecule has 1 amide bonds. The van der Waals surface area contributed by atoms with E-state index in [2.05, 4.69) is 21.9 Å². The van der Waals surface area contributed by atoms with Crippen LogP contribution in [0.4, 0.5) is 0 Å². The molecule has 0 aromatic heterocycles. The molecule has 6 aromatic carbocycles. The van der Waals surface area contributed by atoms with E-state index in [0.29, 0.717) is 6.54 Å². The minimum absolute atomic E-state index is 0.0451. The zero-order chi connectivity index (χ0) is 44.5. The Bertz CT molecular complexity index is 2500. The number of benzene rings is 6. The van der Waals surface area contributed by atoms with Gasteiger partial charge in [-0.25, -0.2) is 8.42 Å². The second-order valence-electron chi connectivity index (χ2n) is 16.5. The van der Waals surface area contributed by atoms with Crippen molar-refractivity contribution in [1.82, 2.24) is 14.9 Å². The number of hydrogen-bond acceptors (Lipinski definition) is 8. The molecule has 1 aliphatic rings. The standard InChI is InChI=1S/C52H57N3O7S/c1-35-19-29-45(30-20-35)63(59,60)54-47(31-38-13-7-5-8-14-38)51(58)53-32-44-17-11-12-18-46(44)40-25-27-43(28-26-40)52-61-48(33-55(4)37(3)49(57)41-15-9-6-10-16-41)36(2)50(62-52)42-23-21-39(34-56)22-24-42/h5-30,36-37,47-50,52,54,56-57H,31-34H2,1-4H3,(H,53,58). The molecule has 328 valence electrons. The van der Waals surface area contributed by atoms with Gasteiger partial charge in [0.1, 0.15) is 6.04 Å². The number of aryl methyl sites for hydroxylation is 1. The van der Waals surface area contributed by atoms with Crippen LogP contribution in [0.1, 0.15) is 71.3 Å². The maximum Gasteiger partial charge on any atom is 0.241 e. The molecular weight excluding hydrogens is 811 g/mol. The summed E-state index contributed by atoms with van der Waals surface area (Å²) in [5.74, 6) is -0.485. The van der Waals surface area contributed by atoms with Gasteiger partial charge in [-0.05, 0) is 78.4 Å². The SMILES string of the molecule is Cc1ccc(S(=O)(=O)NC(Cc2ccccc2)C(=O)NCc2ccccc2-c2ccc(C3OC(CN(C)C(C)C(O)c4ccccc4)C(C)C(c4ccc(CO)cc4)O3)cc2)cc1. The lowest BCUT2D eigenvalue weighted by Gasteiger charge is -2.43. The summed E-state index contributed by atoms with van der Waals surface area (Å²) < 4.78 is 43.1. The predicted octanol–water partition coefficient (Wildman–Crippen LogP) is 8.21. The van der Waals surface area contributed by atoms with Gasteiger partial charge in [-0.15, -0.1) is 0 Å². The monoisotopic (exact) mass is 867 g/mol. The average molecular weight is 868 g/mol. The minimum atomic E-state index is -3.99. The number of carbonyl (C=O) groups is 1. The van der Waals surface area contributed by atoms with Crippen molar-refractivity contribution < 1.29 is 32.9 Å². The zero-order valence-corrected chi connectivity index (χ0v) is 37.0. The van der Waals surface area contributed by atoms with Crippen molar-refractivity contribution >= 4 is 15.9 Å². The van der Waals surface area contributed by atoms with Crippen molar-refractivity contribution in [2.24, 2.45) is 5.92 Å². The summed E-state index contributed by atoms with van der Waals surface area (Å²) in [6.07, 6.45) is -1.75. The Morgan fingerprint density at radius 3 is 2.05 bits per heavy atom. The van der Waals surface area contributed by atoms with Crippen molar-refractivity contribution in [3.8, 4) is 11.1 Å². The molecule has 7 atom stereocenters. The lowest BCUT2D eigenvalue weighted by atomic mass is 9.89. The van der Waals surface area contributed by atoms with Gasteiger partial charge < -0.3 is 25.0 Å². The van der Waals surface area contributed by atoms with E-state index in [1.807, 2.05) is 154 Å². The summed E-state index contributed by atoms with van der Waals surface area (Å²) in [5.41, 5.74) is 7.95. The molecule has 0 aliphatic carbocycles. The Labute approximate surface area is 371 Å². The van der Waals surface area contributed by atoms with Crippen LogP contribution in [0.2, 0.25) is 0 Å². The van der Waals surface area contributed by atoms with Crippen LogP contribution < -0.4 is 10.0 Å². The summed E-state index contributed by atoms with van der Waals surface area (Å²) in [5, 5.41) is 24.0. The Hall–Kier alpha value is -5.50. The van der Waals surface area contributed by atoms with Crippen LogP contribution in [0.25, 0.3) is 11.1 Å². The van der Waals surface area contributed by atoms with Gasteiger partial charge in [-0.3, -0.25) is 9.69 Å². The molecule has 0 radical (unpaired) electrons. The molecule has 7 unspecified atom stereocenters. The number of nitrogens with one attached hydrogen (secondary N) is 2. The third-order valence-electron chi connectivity index (χ3n) is 12.1. The van der Waals surface area contributed by atoms with E-state index in [1.165, 1.54) is 12.1 Å². The fourth-order valence-electron chi connectivity index (χ4n) is 8.04. The number of sulfonamides is 1. The van der Waals surface area contributed by atoms with Gasteiger partial charge in [-0.1, -0.05) is 158 Å². The quantitative estimate of drug-likeness (QED) is 0.0721. The molecule has 0 bridgehead atoms. The largest absolute Gasteiger partial charge is 0.392 e. The molecule has 11 heteroatoms. The minimum Gasteiger partial charge on any atom is -0.392 e. The first-order valence-electron chi connectivity index (χ1n) is 21.4. The first-order chi connectivity index (χ1) is 30.4. The number of ether oxygens (including phenoxy) is 2. The molecule has 0 saturated carbocycles. The highest BCUT2D eigenvalue weighted by atomic mass is 32.2. The fraction of sp³-hybridized carbons (Fsp3) is 0.288. The lowest BCUT2D eigenvalue weighted by Crippen LogP contribution is -2.47. The van der Waals surface area contributed by atoms with E-state index >= 15 is 0 Å². The number of amides is 1. The van der Waals surface area contributed by atoms with E-state index in [9.17, 15) is 23.4 Å². The van der Waals surface area contributed by atoms with Crippen LogP contribution in [0.3, 0.4) is 0 Å². The molecule has 6 aromatic rings. The zero-order valence-electron chi connectivity index (χ0n) is 36.2. The van der Waals surface area contributed by atoms with Gasteiger partial charge >= 0.3 is 0 Å². The van der Waals surface area contributed by atoms with Crippen LogP contribution in [0, 0.1) is 12.8 Å². The van der Waals surface area contributed by atoms with Crippen molar-refractivity contribution in [3.05, 3.63) is 197 Å². The smallest absolute Gasteiger partial charge is 0.241 e. The van der Waals surface area contributed by atoms with E-state index in [4.69, 9.17) is 9.47 Å². The van der Waals surface area contributed by atoms with Gasteiger partial charge in [0, 0.05) is 30.6 Å². The molecule has 1 saturated heterocycles. The van der Waals surface area contributed by atoms with E-state index in [0.717, 1.165) is 50.1 Å². The highest BCUT2D eigenvalue weighted by molar-refractivity contribution is 7.89. The van der Waals surface area contributed by atoms with Gasteiger partial charge in [0.05, 0.1) is 29.8 Å². The molecule has 63 heavy (non-hydrogen) atoms. The van der Waals surface area contributed by atoms with Crippen molar-refractivity contribution in [1.29, 1.82) is 0 Å². The number of aliphatic hydroxyl groups excluding tert-OH is 2. The van der Waals surface area contributed by atoms with Gasteiger partial charge in [0.25, 0.3) is 0 Å². The third kappa shape index (κ3) is 11.4. The Balaban J connectivity index is 1.08. The highest BCUT2D eigenvalue weighted by Crippen LogP contribution is 2.42. The maximum absolute atomic E-state index is 13.9. The molecule has 1 fully saturated rings. The highest BCUT2D eigenvalue weighted by Gasteiger charge is 2.40. The van der Waals surface area contributed by atoms with Gasteiger partial charge in [-0.2, -0.15) is 4.72 Å². The third-order valence-corrected chi connectivity index (χ3v) is 13.6. The molecule has 7 rings (SSSR count). The summed E-state index contributed by atoms with van der Waals surface area (Å²) in [4.78, 5) is 16.1. The van der Waals surface area contributed by atoms with Crippen molar-refractivity contribution in [2.75, 3.05) is 13.6 Å². The summed E-state index contributed by atoms with van der Waals surface area (Å²) in [7, 11) is -1.99. The van der Waals surface area contributed by atoms with Crippen LogP contribution in [-0.4, -0.2) is 61.2 Å². The maximum atomic E-state index is 13.9. The summed E-state index contributed by atoms with van der Waals surface area (Å²) in [6, 6.07) is 48.0. The van der Waals surface area contributed by atoms with Crippen LogP contribution >= 0.6 is 0 Å². The molecule has 10 nitrogen and oxygen atoms in total. The topological polar surface area (TPSA) is 137 Å². The number of likely N-dealkylation sites (N-methyl/N-ethyl adjacent to an activating group) is 1. The summed E-state index contributed by atoms with van der Waals surface area (Å²) >= 11 is 0. The van der Waals surface area contributed by atoms with Crippen LogP contribution in [-0.2, 0) is 43.9 Å². The molecule has 4 N–H and O–H groups in total. The number of aliphatic hydroxyl groups is 2.